The molecule has 2 nitrogen and oxygen atoms in total. The Morgan fingerprint density at radius 3 is 3.20 bits per heavy atom. The first-order valence-corrected chi connectivity index (χ1v) is 6.54. The number of ether oxygens (including phenoxy) is 1. The molecular formula is C12H18O2S. The fourth-order valence-corrected chi connectivity index (χ4v) is 2.79. The molecule has 1 saturated heterocycles. The molecule has 84 valence electrons. The summed E-state index contributed by atoms with van der Waals surface area (Å²) >= 11 is 1.72. The van der Waals surface area contributed by atoms with E-state index in [1.165, 1.54) is 17.7 Å². The monoisotopic (exact) mass is 226 g/mol. The molecular weight excluding hydrogens is 208 g/mol. The highest BCUT2D eigenvalue weighted by atomic mass is 32.1. The standard InChI is InChI=1S/C12H18O2S/c13-10(9-12-4-2-8-15-12)5-6-11-3-1-7-14-11/h2,4,8,10-11,13H,1,3,5-7,9H2. The molecule has 0 amide bonds. The zero-order chi connectivity index (χ0) is 10.5. The lowest BCUT2D eigenvalue weighted by Gasteiger charge is -2.12. The van der Waals surface area contributed by atoms with E-state index < -0.39 is 0 Å². The van der Waals surface area contributed by atoms with Crippen LogP contribution < -0.4 is 0 Å². The summed E-state index contributed by atoms with van der Waals surface area (Å²) < 4.78 is 5.53. The van der Waals surface area contributed by atoms with Gasteiger partial charge in [-0.1, -0.05) is 6.07 Å². The molecule has 0 aliphatic carbocycles. The maximum absolute atomic E-state index is 9.83. The Labute approximate surface area is 94.9 Å². The first-order chi connectivity index (χ1) is 7.34. The van der Waals surface area contributed by atoms with E-state index in [2.05, 4.69) is 11.4 Å². The lowest BCUT2D eigenvalue weighted by Crippen LogP contribution is -2.14. The molecule has 2 atom stereocenters. The van der Waals surface area contributed by atoms with E-state index in [1.807, 2.05) is 6.07 Å². The molecule has 1 aliphatic heterocycles. The van der Waals surface area contributed by atoms with Gasteiger partial charge in [-0.05, 0) is 37.1 Å². The average molecular weight is 226 g/mol. The minimum atomic E-state index is -0.201. The summed E-state index contributed by atoms with van der Waals surface area (Å²) in [6.45, 7) is 0.908. The second kappa shape index (κ2) is 5.64. The highest BCUT2D eigenvalue weighted by Crippen LogP contribution is 2.19. The Bertz CT molecular complexity index is 265. The molecule has 1 aliphatic rings. The Hall–Kier alpha value is -0.380. The van der Waals surface area contributed by atoms with E-state index in [9.17, 15) is 5.11 Å². The molecule has 0 saturated carbocycles. The minimum Gasteiger partial charge on any atom is -0.393 e. The number of hydrogen-bond acceptors (Lipinski definition) is 3. The van der Waals surface area contributed by atoms with Crippen LogP contribution >= 0.6 is 11.3 Å². The van der Waals surface area contributed by atoms with Crippen molar-refractivity contribution in [2.24, 2.45) is 0 Å². The fraction of sp³-hybridized carbons (Fsp3) is 0.667. The molecule has 3 heteroatoms. The number of aliphatic hydroxyl groups excluding tert-OH is 1. The third-order valence-corrected chi connectivity index (χ3v) is 3.76. The summed E-state index contributed by atoms with van der Waals surface area (Å²) in [5, 5.41) is 11.9. The molecule has 1 fully saturated rings. The molecule has 0 bridgehead atoms. The predicted molar refractivity (Wildman–Crippen MR) is 62.2 cm³/mol. The van der Waals surface area contributed by atoms with Crippen molar-refractivity contribution in [2.45, 2.75) is 44.3 Å². The van der Waals surface area contributed by atoms with E-state index >= 15 is 0 Å². The maximum atomic E-state index is 9.83. The molecule has 15 heavy (non-hydrogen) atoms. The van der Waals surface area contributed by atoms with Crippen LogP contribution in [0, 0.1) is 0 Å². The molecule has 1 aromatic heterocycles. The Balaban J connectivity index is 1.66. The highest BCUT2D eigenvalue weighted by molar-refractivity contribution is 7.09. The second-order valence-electron chi connectivity index (χ2n) is 4.15. The van der Waals surface area contributed by atoms with Gasteiger partial charge in [-0.2, -0.15) is 0 Å². The van der Waals surface area contributed by atoms with Gasteiger partial charge in [0.2, 0.25) is 0 Å². The van der Waals surface area contributed by atoms with Gasteiger partial charge >= 0.3 is 0 Å². The zero-order valence-corrected chi connectivity index (χ0v) is 9.71. The van der Waals surface area contributed by atoms with Gasteiger partial charge in [0.1, 0.15) is 0 Å². The molecule has 2 unspecified atom stereocenters. The van der Waals surface area contributed by atoms with E-state index in [1.54, 1.807) is 11.3 Å². The van der Waals surface area contributed by atoms with Crippen molar-refractivity contribution in [3.05, 3.63) is 22.4 Å². The summed E-state index contributed by atoms with van der Waals surface area (Å²) in [5.41, 5.74) is 0. The van der Waals surface area contributed by atoms with E-state index in [4.69, 9.17) is 4.74 Å². The zero-order valence-electron chi connectivity index (χ0n) is 8.89. The molecule has 0 spiro atoms. The summed E-state index contributed by atoms with van der Waals surface area (Å²) in [7, 11) is 0. The lowest BCUT2D eigenvalue weighted by molar-refractivity contribution is 0.0815. The summed E-state index contributed by atoms with van der Waals surface area (Å²) in [6, 6.07) is 4.12. The quantitative estimate of drug-likeness (QED) is 0.836. The largest absolute Gasteiger partial charge is 0.393 e. The topological polar surface area (TPSA) is 29.5 Å². The maximum Gasteiger partial charge on any atom is 0.0589 e. The van der Waals surface area contributed by atoms with Gasteiger partial charge in [-0.25, -0.2) is 0 Å². The average Bonchev–Trinajstić information content (AvgIpc) is 2.86. The Morgan fingerprint density at radius 2 is 2.53 bits per heavy atom. The lowest BCUT2D eigenvalue weighted by atomic mass is 10.1. The first kappa shape index (κ1) is 11.1. The van der Waals surface area contributed by atoms with E-state index in [0.717, 1.165) is 25.9 Å². The molecule has 0 radical (unpaired) electrons. The molecule has 2 rings (SSSR count). The van der Waals surface area contributed by atoms with Crippen molar-refractivity contribution in [1.82, 2.24) is 0 Å². The molecule has 1 aromatic rings. The van der Waals surface area contributed by atoms with Crippen molar-refractivity contribution in [2.75, 3.05) is 6.61 Å². The van der Waals surface area contributed by atoms with Crippen LogP contribution in [0.3, 0.4) is 0 Å². The van der Waals surface area contributed by atoms with E-state index in [0.29, 0.717) is 6.10 Å². The van der Waals surface area contributed by atoms with Crippen LogP contribution in [0.25, 0.3) is 0 Å². The molecule has 1 N–H and O–H groups in total. The van der Waals surface area contributed by atoms with Crippen LogP contribution in [0.4, 0.5) is 0 Å². The highest BCUT2D eigenvalue weighted by Gasteiger charge is 2.17. The van der Waals surface area contributed by atoms with Crippen molar-refractivity contribution in [1.29, 1.82) is 0 Å². The normalized spacial score (nSPS) is 23.1. The minimum absolute atomic E-state index is 0.201. The smallest absolute Gasteiger partial charge is 0.0589 e. The van der Waals surface area contributed by atoms with Gasteiger partial charge in [0.15, 0.2) is 0 Å². The second-order valence-corrected chi connectivity index (χ2v) is 5.18. The van der Waals surface area contributed by atoms with Gasteiger partial charge in [0.25, 0.3) is 0 Å². The first-order valence-electron chi connectivity index (χ1n) is 5.66. The van der Waals surface area contributed by atoms with Crippen molar-refractivity contribution < 1.29 is 9.84 Å². The number of aliphatic hydroxyl groups is 1. The number of thiophene rings is 1. The summed E-state index contributed by atoms with van der Waals surface area (Å²) in [6.07, 6.45) is 5.23. The van der Waals surface area contributed by atoms with Crippen LogP contribution in [-0.4, -0.2) is 23.9 Å². The van der Waals surface area contributed by atoms with E-state index in [-0.39, 0.29) is 6.10 Å². The number of hydrogen-bond donors (Lipinski definition) is 1. The third kappa shape index (κ3) is 3.59. The van der Waals surface area contributed by atoms with Gasteiger partial charge in [0, 0.05) is 17.9 Å². The van der Waals surface area contributed by atoms with Gasteiger partial charge in [-0.3, -0.25) is 0 Å². The van der Waals surface area contributed by atoms with Crippen LogP contribution in [-0.2, 0) is 11.2 Å². The van der Waals surface area contributed by atoms with Gasteiger partial charge in [0.05, 0.1) is 12.2 Å². The van der Waals surface area contributed by atoms with Crippen molar-refractivity contribution in [3.63, 3.8) is 0 Å². The Kier molecular flexibility index (Phi) is 4.18. The van der Waals surface area contributed by atoms with Crippen LogP contribution in [0.15, 0.2) is 17.5 Å². The number of rotatable bonds is 5. The third-order valence-electron chi connectivity index (χ3n) is 2.86. The van der Waals surface area contributed by atoms with Gasteiger partial charge in [-0.15, -0.1) is 11.3 Å². The van der Waals surface area contributed by atoms with Crippen LogP contribution in [0.2, 0.25) is 0 Å². The SMILES string of the molecule is OC(CCC1CCCO1)Cc1cccs1. The Morgan fingerprint density at radius 1 is 1.60 bits per heavy atom. The summed E-state index contributed by atoms with van der Waals surface area (Å²) in [5.74, 6) is 0. The molecule has 0 aromatic carbocycles. The van der Waals surface area contributed by atoms with Crippen LogP contribution in [0.1, 0.15) is 30.6 Å². The van der Waals surface area contributed by atoms with Crippen LogP contribution in [0.5, 0.6) is 0 Å². The molecule has 2 heterocycles. The van der Waals surface area contributed by atoms with Crippen molar-refractivity contribution in [3.8, 4) is 0 Å². The predicted octanol–water partition coefficient (Wildman–Crippen LogP) is 2.61. The fourth-order valence-electron chi connectivity index (χ4n) is 2.01. The van der Waals surface area contributed by atoms with Gasteiger partial charge < -0.3 is 9.84 Å². The van der Waals surface area contributed by atoms with Crippen molar-refractivity contribution >= 4 is 11.3 Å². The summed E-state index contributed by atoms with van der Waals surface area (Å²) in [4.78, 5) is 1.27.